The number of amides is 1. The first-order valence-corrected chi connectivity index (χ1v) is 6.73. The van der Waals surface area contributed by atoms with Crippen LogP contribution >= 0.6 is 0 Å². The molecule has 4 nitrogen and oxygen atoms in total. The average Bonchev–Trinajstić information content (AvgIpc) is 2.88. The smallest absolute Gasteiger partial charge is 0.440 e. The topological polar surface area (TPSA) is 55.1 Å². The highest BCUT2D eigenvalue weighted by Crippen LogP contribution is 2.23. The summed E-state index contributed by atoms with van der Waals surface area (Å²) >= 11 is 0. The number of carbonyl (C=O) groups excluding carboxylic acids is 1. The Bertz CT molecular complexity index is 841. The van der Waals surface area contributed by atoms with Gasteiger partial charge in [-0.15, -0.1) is 0 Å². The molecule has 3 rings (SSSR count). The molecular weight excluding hydrogens is 309 g/mol. The Morgan fingerprint density at radius 2 is 1.87 bits per heavy atom. The van der Waals surface area contributed by atoms with Crippen molar-refractivity contribution >= 4 is 22.7 Å². The van der Waals surface area contributed by atoms with Gasteiger partial charge in [0.25, 0.3) is 0 Å². The van der Waals surface area contributed by atoms with E-state index >= 15 is 0 Å². The monoisotopic (exact) mass is 320 g/mol. The van der Waals surface area contributed by atoms with Gasteiger partial charge < -0.3 is 9.73 Å². The van der Waals surface area contributed by atoms with Gasteiger partial charge in [-0.2, -0.15) is 13.2 Å². The second kappa shape index (κ2) is 5.75. The number of oxazole rings is 1. The largest absolute Gasteiger partial charge is 0.471 e. The summed E-state index contributed by atoms with van der Waals surface area (Å²) in [6.45, 7) is 0. The number of nitrogens with one attached hydrogen (secondary N) is 1. The number of aromatic nitrogens is 1. The molecule has 118 valence electrons. The van der Waals surface area contributed by atoms with Crippen LogP contribution in [0.1, 0.15) is 11.5 Å². The molecular formula is C16H11F3N2O2. The van der Waals surface area contributed by atoms with Crippen molar-refractivity contribution < 1.29 is 22.4 Å². The molecule has 7 heteroatoms. The molecule has 1 N–H and O–H groups in total. The molecule has 23 heavy (non-hydrogen) atoms. The second-order valence-electron chi connectivity index (χ2n) is 4.90. The highest BCUT2D eigenvalue weighted by atomic mass is 19.4. The first-order chi connectivity index (χ1) is 10.9. The summed E-state index contributed by atoms with van der Waals surface area (Å²) in [5.41, 5.74) is 1.85. The highest BCUT2D eigenvalue weighted by Gasteiger charge is 2.38. The van der Waals surface area contributed by atoms with E-state index in [1.165, 1.54) is 18.2 Å². The van der Waals surface area contributed by atoms with E-state index in [-0.39, 0.29) is 5.69 Å². The predicted octanol–water partition coefficient (Wildman–Crippen LogP) is 3.92. The molecule has 0 aliphatic rings. The first kappa shape index (κ1) is 15.1. The minimum absolute atomic E-state index is 0.0133. The van der Waals surface area contributed by atoms with Crippen LogP contribution < -0.4 is 5.32 Å². The Kier molecular flexibility index (Phi) is 3.77. The quantitative estimate of drug-likeness (QED) is 0.796. The number of carbonyl (C=O) groups is 1. The zero-order chi connectivity index (χ0) is 16.4. The maximum absolute atomic E-state index is 12.2. The maximum Gasteiger partial charge on any atom is 0.471 e. The van der Waals surface area contributed by atoms with Crippen molar-refractivity contribution in [2.75, 3.05) is 5.32 Å². The average molecular weight is 320 g/mol. The van der Waals surface area contributed by atoms with Crippen LogP contribution in [-0.2, 0) is 11.2 Å². The van der Waals surface area contributed by atoms with Crippen LogP contribution in [0.2, 0.25) is 0 Å². The molecule has 0 radical (unpaired) electrons. The number of hydrogen-bond acceptors (Lipinski definition) is 3. The summed E-state index contributed by atoms with van der Waals surface area (Å²) < 4.78 is 42.3. The molecule has 0 saturated heterocycles. The maximum atomic E-state index is 12.2. The summed E-state index contributed by atoms with van der Waals surface area (Å²) in [7, 11) is 0. The van der Waals surface area contributed by atoms with Gasteiger partial charge in [0.1, 0.15) is 5.52 Å². The molecule has 3 aromatic rings. The fourth-order valence-electron chi connectivity index (χ4n) is 2.10. The molecule has 0 bridgehead atoms. The SMILES string of the molecule is O=C(Nc1ccc2oc(Cc3ccccc3)nc2c1)C(F)(F)F. The predicted molar refractivity (Wildman–Crippen MR) is 77.9 cm³/mol. The van der Waals surface area contributed by atoms with E-state index in [1.54, 1.807) is 5.32 Å². The fourth-order valence-corrected chi connectivity index (χ4v) is 2.10. The van der Waals surface area contributed by atoms with E-state index in [1.807, 2.05) is 30.3 Å². The van der Waals surface area contributed by atoms with Crippen LogP contribution in [0, 0.1) is 0 Å². The third-order valence-corrected chi connectivity index (χ3v) is 3.15. The normalized spacial score (nSPS) is 11.6. The molecule has 1 heterocycles. The van der Waals surface area contributed by atoms with Crippen molar-refractivity contribution in [3.8, 4) is 0 Å². The Labute approximate surface area is 128 Å². The number of alkyl halides is 3. The van der Waals surface area contributed by atoms with E-state index in [0.717, 1.165) is 5.56 Å². The highest BCUT2D eigenvalue weighted by molar-refractivity contribution is 5.96. The van der Waals surface area contributed by atoms with Gasteiger partial charge in [-0.25, -0.2) is 4.98 Å². The number of halogens is 3. The summed E-state index contributed by atoms with van der Waals surface area (Å²) in [5, 5.41) is 1.79. The first-order valence-electron chi connectivity index (χ1n) is 6.73. The van der Waals surface area contributed by atoms with Crippen molar-refractivity contribution in [3.63, 3.8) is 0 Å². The van der Waals surface area contributed by atoms with Crippen LogP contribution in [0.4, 0.5) is 18.9 Å². The number of benzene rings is 2. The summed E-state index contributed by atoms with van der Waals surface area (Å²) in [5.74, 6) is -1.57. The molecule has 1 aromatic heterocycles. The van der Waals surface area contributed by atoms with Gasteiger partial charge in [-0.1, -0.05) is 30.3 Å². The summed E-state index contributed by atoms with van der Waals surface area (Å²) in [6, 6.07) is 13.7. The van der Waals surface area contributed by atoms with Crippen LogP contribution in [0.5, 0.6) is 0 Å². The number of nitrogens with zero attached hydrogens (tertiary/aromatic N) is 1. The van der Waals surface area contributed by atoms with Gasteiger partial charge in [0.2, 0.25) is 0 Å². The van der Waals surface area contributed by atoms with E-state index in [4.69, 9.17) is 4.42 Å². The van der Waals surface area contributed by atoms with Gasteiger partial charge in [0.15, 0.2) is 11.5 Å². The van der Waals surface area contributed by atoms with Crippen molar-refractivity contribution in [1.29, 1.82) is 0 Å². The van der Waals surface area contributed by atoms with E-state index in [0.29, 0.717) is 23.4 Å². The summed E-state index contributed by atoms with van der Waals surface area (Å²) in [4.78, 5) is 15.2. The van der Waals surface area contributed by atoms with E-state index < -0.39 is 12.1 Å². The molecule has 1 amide bonds. The number of rotatable bonds is 3. The molecule has 0 spiro atoms. The van der Waals surface area contributed by atoms with Crippen molar-refractivity contribution in [1.82, 2.24) is 4.98 Å². The second-order valence-corrected chi connectivity index (χ2v) is 4.90. The molecule has 0 aliphatic carbocycles. The molecule has 0 saturated carbocycles. The van der Waals surface area contributed by atoms with E-state index in [2.05, 4.69) is 4.98 Å². The number of fused-ring (bicyclic) bond motifs is 1. The lowest BCUT2D eigenvalue weighted by atomic mass is 10.1. The minimum Gasteiger partial charge on any atom is -0.440 e. The molecule has 0 aliphatic heterocycles. The lowest BCUT2D eigenvalue weighted by Crippen LogP contribution is -2.29. The number of anilines is 1. The van der Waals surface area contributed by atoms with Crippen LogP contribution in [-0.4, -0.2) is 17.1 Å². The van der Waals surface area contributed by atoms with Gasteiger partial charge >= 0.3 is 12.1 Å². The Morgan fingerprint density at radius 3 is 2.57 bits per heavy atom. The third-order valence-electron chi connectivity index (χ3n) is 3.15. The van der Waals surface area contributed by atoms with Gasteiger partial charge in [0, 0.05) is 12.1 Å². The van der Waals surface area contributed by atoms with Gasteiger partial charge in [0.05, 0.1) is 0 Å². The van der Waals surface area contributed by atoms with Crippen LogP contribution in [0.25, 0.3) is 11.1 Å². The third kappa shape index (κ3) is 3.50. The Hall–Kier alpha value is -2.83. The van der Waals surface area contributed by atoms with Crippen LogP contribution in [0.15, 0.2) is 52.9 Å². The zero-order valence-electron chi connectivity index (χ0n) is 11.7. The Balaban J connectivity index is 1.82. The minimum atomic E-state index is -4.93. The molecule has 0 unspecified atom stereocenters. The van der Waals surface area contributed by atoms with Crippen LogP contribution in [0.3, 0.4) is 0 Å². The van der Waals surface area contributed by atoms with Gasteiger partial charge in [-0.05, 0) is 23.8 Å². The zero-order valence-corrected chi connectivity index (χ0v) is 11.7. The van der Waals surface area contributed by atoms with Crippen molar-refractivity contribution in [2.24, 2.45) is 0 Å². The lowest BCUT2D eigenvalue weighted by Gasteiger charge is -2.07. The molecule has 0 fully saturated rings. The molecule has 0 atom stereocenters. The summed E-state index contributed by atoms with van der Waals surface area (Å²) in [6.07, 6.45) is -4.46. The fraction of sp³-hybridized carbons (Fsp3) is 0.125. The number of hydrogen-bond donors (Lipinski definition) is 1. The molecule has 2 aromatic carbocycles. The van der Waals surface area contributed by atoms with Crippen molar-refractivity contribution in [3.05, 3.63) is 60.0 Å². The lowest BCUT2D eigenvalue weighted by molar-refractivity contribution is -0.167. The van der Waals surface area contributed by atoms with E-state index in [9.17, 15) is 18.0 Å². The van der Waals surface area contributed by atoms with Gasteiger partial charge in [-0.3, -0.25) is 4.79 Å². The standard InChI is InChI=1S/C16H11F3N2O2/c17-16(18,19)15(22)20-11-6-7-13-12(9-11)21-14(23-13)8-10-4-2-1-3-5-10/h1-7,9H,8H2,(H,20,22). The Morgan fingerprint density at radius 1 is 1.13 bits per heavy atom. The van der Waals surface area contributed by atoms with Crippen molar-refractivity contribution in [2.45, 2.75) is 12.6 Å².